The predicted molar refractivity (Wildman–Crippen MR) is 195 cm³/mol. The van der Waals surface area contributed by atoms with Crippen LogP contribution < -0.4 is 21.2 Å². The third kappa shape index (κ3) is 6.70. The minimum atomic E-state index is -2.89. The number of imide groups is 1. The van der Waals surface area contributed by atoms with Crippen LogP contribution in [0.25, 0.3) is 16.7 Å². The minimum absolute atomic E-state index is 0.0195. The van der Waals surface area contributed by atoms with Crippen molar-refractivity contribution in [3.8, 4) is 0 Å². The van der Waals surface area contributed by atoms with Crippen LogP contribution in [0.3, 0.4) is 0 Å². The zero-order valence-corrected chi connectivity index (χ0v) is 30.8. The largest absolute Gasteiger partial charge is 0.367 e. The number of nitrogens with one attached hydrogen (secondary N) is 2. The Labute approximate surface area is 317 Å². The van der Waals surface area contributed by atoms with Crippen molar-refractivity contribution in [2.45, 2.75) is 75.9 Å². The zero-order valence-electron chi connectivity index (χ0n) is 30.8. The van der Waals surface area contributed by atoms with Gasteiger partial charge in [0.05, 0.1) is 29.0 Å². The molecule has 1 unspecified atom stereocenters. The molecule has 3 amide bonds. The van der Waals surface area contributed by atoms with Gasteiger partial charge in [-0.2, -0.15) is 10.2 Å². The van der Waals surface area contributed by atoms with Gasteiger partial charge in [-0.25, -0.2) is 31.9 Å². The van der Waals surface area contributed by atoms with Gasteiger partial charge in [0, 0.05) is 63.8 Å². The Morgan fingerprint density at radius 1 is 1.07 bits per heavy atom. The van der Waals surface area contributed by atoms with Gasteiger partial charge in [-0.3, -0.25) is 33.5 Å². The number of hydrogen-bond acceptors (Lipinski definition) is 9. The van der Waals surface area contributed by atoms with Crippen molar-refractivity contribution in [1.29, 1.82) is 0 Å². The highest BCUT2D eigenvalue weighted by Gasteiger charge is 2.35. The molecule has 2 N–H and O–H groups in total. The number of aromatic nitrogens is 7. The zero-order chi connectivity index (χ0) is 39.4. The number of carbonyl (C=O) groups excluding carboxylic acids is 3. The van der Waals surface area contributed by atoms with Crippen molar-refractivity contribution >= 4 is 45.8 Å². The first-order valence-electron chi connectivity index (χ1n) is 18.7. The van der Waals surface area contributed by atoms with E-state index < -0.39 is 53.2 Å². The number of anilines is 2. The highest BCUT2D eigenvalue weighted by atomic mass is 19.3. The lowest BCUT2D eigenvalue weighted by Crippen LogP contribution is -2.45. The lowest BCUT2D eigenvalue weighted by molar-refractivity contribution is -0.135. The van der Waals surface area contributed by atoms with E-state index in [2.05, 4.69) is 30.7 Å². The maximum absolute atomic E-state index is 15.6. The Hall–Kier alpha value is -5.59. The number of rotatable bonds is 9. The molecule has 19 heteroatoms. The second-order valence-electron chi connectivity index (χ2n) is 15.0. The van der Waals surface area contributed by atoms with Crippen molar-refractivity contribution in [2.24, 2.45) is 13.0 Å². The highest BCUT2D eigenvalue weighted by molar-refractivity contribution is 6.08. The van der Waals surface area contributed by atoms with Gasteiger partial charge in [0.1, 0.15) is 17.3 Å². The Morgan fingerprint density at radius 3 is 2.54 bits per heavy atom. The molecule has 6 heterocycles. The Kier molecular flexibility index (Phi) is 9.88. The molecule has 3 aliphatic rings. The number of nitrogens with zero attached hydrogens (tertiary/aromatic N) is 9. The third-order valence-electron chi connectivity index (χ3n) is 11.6. The second kappa shape index (κ2) is 14.8. The number of carbonyl (C=O) groups is 3. The molecule has 0 spiro atoms. The molecule has 56 heavy (non-hydrogen) atoms. The molecule has 8 rings (SSSR count). The summed E-state index contributed by atoms with van der Waals surface area (Å²) in [6.45, 7) is 1.62. The molecule has 1 aromatic carbocycles. The van der Waals surface area contributed by atoms with Crippen molar-refractivity contribution in [3.63, 3.8) is 0 Å². The maximum Gasteiger partial charge on any atom is 0.329 e. The lowest BCUT2D eigenvalue weighted by Gasteiger charge is -2.40. The van der Waals surface area contributed by atoms with Crippen LogP contribution in [0.1, 0.15) is 85.9 Å². The number of benzene rings is 1. The molecule has 0 radical (unpaired) electrons. The predicted octanol–water partition coefficient (Wildman–Crippen LogP) is 4.36. The first-order valence-corrected chi connectivity index (χ1v) is 18.7. The number of amides is 3. The van der Waals surface area contributed by atoms with Gasteiger partial charge in [0.25, 0.3) is 12.3 Å². The van der Waals surface area contributed by atoms with E-state index in [0.717, 1.165) is 42.9 Å². The molecule has 1 atom stereocenters. The summed E-state index contributed by atoms with van der Waals surface area (Å²) in [5, 5.41) is 13.1. The number of hydrogen-bond donors (Lipinski definition) is 2. The quantitative estimate of drug-likeness (QED) is 0.164. The molecule has 5 aromatic rings. The van der Waals surface area contributed by atoms with Crippen LogP contribution in [-0.4, -0.2) is 88.9 Å². The van der Waals surface area contributed by atoms with Crippen LogP contribution in [-0.2, 0) is 16.6 Å². The molecule has 15 nitrogen and oxygen atoms in total. The van der Waals surface area contributed by atoms with Crippen LogP contribution >= 0.6 is 0 Å². The monoisotopic (exact) mass is 779 g/mol. The molecule has 1 saturated carbocycles. The summed E-state index contributed by atoms with van der Waals surface area (Å²) < 4.78 is 64.2. The van der Waals surface area contributed by atoms with Crippen LogP contribution in [0.2, 0.25) is 0 Å². The average molecular weight is 780 g/mol. The molecule has 2 saturated heterocycles. The molecular weight excluding hydrogens is 738 g/mol. The number of fused-ring (bicyclic) bond motifs is 2. The van der Waals surface area contributed by atoms with Gasteiger partial charge in [-0.05, 0) is 64.0 Å². The van der Waals surface area contributed by atoms with Crippen LogP contribution in [0.4, 0.5) is 28.9 Å². The molecule has 2 aliphatic heterocycles. The molecule has 296 valence electrons. The van der Waals surface area contributed by atoms with E-state index in [1.165, 1.54) is 34.7 Å². The fourth-order valence-electron chi connectivity index (χ4n) is 8.69. The van der Waals surface area contributed by atoms with Gasteiger partial charge in [-0.15, -0.1) is 0 Å². The van der Waals surface area contributed by atoms with Crippen molar-refractivity contribution < 1.29 is 31.9 Å². The summed E-state index contributed by atoms with van der Waals surface area (Å²) in [4.78, 5) is 59.1. The van der Waals surface area contributed by atoms with Crippen molar-refractivity contribution in [1.82, 2.24) is 43.7 Å². The van der Waals surface area contributed by atoms with Crippen molar-refractivity contribution in [3.05, 3.63) is 70.3 Å². The van der Waals surface area contributed by atoms with Gasteiger partial charge in [0.2, 0.25) is 11.8 Å². The molecule has 3 fully saturated rings. The first-order chi connectivity index (χ1) is 26.9. The second-order valence-corrected chi connectivity index (χ2v) is 15.0. The Bertz CT molecular complexity index is 2390. The van der Waals surface area contributed by atoms with E-state index in [0.29, 0.717) is 37.5 Å². The van der Waals surface area contributed by atoms with Crippen LogP contribution in [0.5, 0.6) is 0 Å². The SMILES string of the molecule is CN(CC1CCC(n2cc(NC(=O)c3cnn4cccnc34)c(C(F)F)n2)CC1)C1CCN(c2c(F)c(F)cc3c2n(C)c(=O)n3C2CCC(=O)NC2=O)CC1. The van der Waals surface area contributed by atoms with Crippen LogP contribution in [0.15, 0.2) is 41.7 Å². The van der Waals surface area contributed by atoms with Gasteiger partial charge in [-0.1, -0.05) is 0 Å². The Balaban J connectivity index is 0.891. The highest BCUT2D eigenvalue weighted by Crippen LogP contribution is 2.38. The standard InChI is InChI=1S/C37H41F4N11O4/c1-47(18-20-4-6-22(7-5-20)51-19-25(30(46-51)33(40)41)44-35(54)23-17-43-50-13-3-12-42-34(23)50)21-10-14-49(15-11-21)32-29(39)24(38)16-27-31(32)48(2)37(56)52(27)26-8-9-28(53)45-36(26)55/h3,12-13,16-17,19-22,26,33H,4-11,14-15,18H2,1-2H3,(H,44,54)(H,45,53,55). The average Bonchev–Trinajstić information content (AvgIpc) is 3.87. The molecular formula is C37H41F4N11O4. The topological polar surface area (TPSA) is 157 Å². The smallest absolute Gasteiger partial charge is 0.329 e. The van der Waals surface area contributed by atoms with E-state index in [4.69, 9.17) is 0 Å². The Morgan fingerprint density at radius 2 is 1.82 bits per heavy atom. The van der Waals surface area contributed by atoms with E-state index in [1.807, 2.05) is 7.05 Å². The summed E-state index contributed by atoms with van der Waals surface area (Å²) in [6.07, 6.45) is 7.62. The third-order valence-corrected chi connectivity index (χ3v) is 11.6. The number of piperidine rings is 2. The number of aryl methyl sites for hydroxylation is 1. The normalized spacial score (nSPS) is 21.1. The molecule has 1 aliphatic carbocycles. The van der Waals surface area contributed by atoms with Gasteiger partial charge in [0.15, 0.2) is 23.0 Å². The van der Waals surface area contributed by atoms with E-state index in [-0.39, 0.29) is 52.9 Å². The summed E-state index contributed by atoms with van der Waals surface area (Å²) >= 11 is 0. The first kappa shape index (κ1) is 37.3. The van der Waals surface area contributed by atoms with E-state index in [9.17, 15) is 28.0 Å². The number of halogens is 4. The maximum atomic E-state index is 15.6. The van der Waals surface area contributed by atoms with Crippen molar-refractivity contribution in [2.75, 3.05) is 36.9 Å². The van der Waals surface area contributed by atoms with E-state index >= 15 is 8.78 Å². The molecule has 4 aromatic heterocycles. The summed E-state index contributed by atoms with van der Waals surface area (Å²) in [5.74, 6) is -3.55. The lowest BCUT2D eigenvalue weighted by atomic mass is 9.85. The number of alkyl halides is 2. The van der Waals surface area contributed by atoms with E-state index in [1.54, 1.807) is 21.8 Å². The minimum Gasteiger partial charge on any atom is -0.367 e. The van der Waals surface area contributed by atoms with Gasteiger partial charge < -0.3 is 15.1 Å². The van der Waals surface area contributed by atoms with Gasteiger partial charge >= 0.3 is 5.69 Å². The summed E-state index contributed by atoms with van der Waals surface area (Å²) in [5.41, 5.74) is -0.423. The van der Waals surface area contributed by atoms with Crippen LogP contribution in [0, 0.1) is 17.6 Å². The summed E-state index contributed by atoms with van der Waals surface area (Å²) in [7, 11) is 3.51. The fourth-order valence-corrected chi connectivity index (χ4v) is 8.69. The fraction of sp³-hybridized carbons (Fsp3) is 0.486. The summed E-state index contributed by atoms with van der Waals surface area (Å²) in [6, 6.07) is 1.64. The molecule has 0 bridgehead atoms. The number of imidazole rings is 1.